The van der Waals surface area contributed by atoms with E-state index in [-0.39, 0.29) is 0 Å². The Morgan fingerprint density at radius 2 is 2.06 bits per heavy atom. The summed E-state index contributed by atoms with van der Waals surface area (Å²) in [5.74, 6) is 2.03. The van der Waals surface area contributed by atoms with Crippen LogP contribution in [-0.2, 0) is 6.54 Å². The first-order valence-electron chi connectivity index (χ1n) is 6.67. The van der Waals surface area contributed by atoms with E-state index >= 15 is 0 Å². The molecular weight excluding hydrogens is 210 g/mol. The molecule has 2 saturated carbocycles. The molecule has 0 unspecified atom stereocenters. The highest BCUT2D eigenvalue weighted by atomic mass is 16.5. The van der Waals surface area contributed by atoms with Gasteiger partial charge in [0.05, 0.1) is 7.11 Å². The van der Waals surface area contributed by atoms with E-state index in [9.17, 15) is 0 Å². The second-order valence-electron chi connectivity index (χ2n) is 5.55. The van der Waals surface area contributed by atoms with E-state index in [1.807, 2.05) is 12.1 Å². The fraction of sp³-hybridized carbons (Fsp3) is 0.600. The van der Waals surface area contributed by atoms with E-state index in [1.165, 1.54) is 37.8 Å². The maximum atomic E-state index is 5.36. The molecular formula is C15H21NO. The van der Waals surface area contributed by atoms with Gasteiger partial charge in [0, 0.05) is 18.7 Å². The Labute approximate surface area is 103 Å². The molecule has 2 aliphatic carbocycles. The highest BCUT2D eigenvalue weighted by Gasteiger charge is 2.53. The molecule has 0 bridgehead atoms. The van der Waals surface area contributed by atoms with Crippen LogP contribution >= 0.6 is 0 Å². The topological polar surface area (TPSA) is 21.3 Å². The Hall–Kier alpha value is -1.02. The lowest BCUT2D eigenvalue weighted by Gasteiger charge is -2.16. The van der Waals surface area contributed by atoms with Crippen molar-refractivity contribution in [3.63, 3.8) is 0 Å². The van der Waals surface area contributed by atoms with E-state index in [4.69, 9.17) is 4.74 Å². The summed E-state index contributed by atoms with van der Waals surface area (Å²) < 4.78 is 5.36. The normalized spacial score (nSPS) is 21.2. The van der Waals surface area contributed by atoms with Crippen molar-refractivity contribution in [1.29, 1.82) is 0 Å². The largest absolute Gasteiger partial charge is 0.496 e. The Morgan fingerprint density at radius 1 is 1.29 bits per heavy atom. The van der Waals surface area contributed by atoms with Crippen LogP contribution in [0.5, 0.6) is 5.75 Å². The Morgan fingerprint density at radius 3 is 2.71 bits per heavy atom. The highest BCUT2D eigenvalue weighted by molar-refractivity contribution is 5.33. The van der Waals surface area contributed by atoms with E-state index in [0.29, 0.717) is 5.41 Å². The molecule has 0 radical (unpaired) electrons. The molecule has 2 aliphatic rings. The molecule has 0 aromatic heterocycles. The van der Waals surface area contributed by atoms with Gasteiger partial charge >= 0.3 is 0 Å². The van der Waals surface area contributed by atoms with Crippen molar-refractivity contribution in [3.05, 3.63) is 29.8 Å². The Balaban J connectivity index is 1.53. The highest BCUT2D eigenvalue weighted by Crippen LogP contribution is 2.60. The molecule has 17 heavy (non-hydrogen) atoms. The lowest BCUT2D eigenvalue weighted by atomic mass is 10.0. The van der Waals surface area contributed by atoms with Crippen LogP contribution in [0.3, 0.4) is 0 Å². The predicted octanol–water partition coefficient (Wildman–Crippen LogP) is 2.98. The molecule has 92 valence electrons. The Kier molecular flexibility index (Phi) is 2.83. The van der Waals surface area contributed by atoms with Crippen LogP contribution in [0.25, 0.3) is 0 Å². The van der Waals surface area contributed by atoms with Crippen LogP contribution in [0.4, 0.5) is 0 Å². The van der Waals surface area contributed by atoms with Crippen molar-refractivity contribution < 1.29 is 4.74 Å². The molecule has 0 saturated heterocycles. The maximum Gasteiger partial charge on any atom is 0.123 e. The van der Waals surface area contributed by atoms with Gasteiger partial charge in [0.15, 0.2) is 0 Å². The van der Waals surface area contributed by atoms with E-state index < -0.39 is 0 Å². The van der Waals surface area contributed by atoms with E-state index in [0.717, 1.165) is 18.2 Å². The van der Waals surface area contributed by atoms with Crippen LogP contribution in [-0.4, -0.2) is 13.7 Å². The summed E-state index contributed by atoms with van der Waals surface area (Å²) in [6, 6.07) is 8.27. The zero-order valence-corrected chi connectivity index (χ0v) is 10.5. The zero-order valence-electron chi connectivity index (χ0n) is 10.5. The van der Waals surface area contributed by atoms with Gasteiger partial charge in [-0.3, -0.25) is 0 Å². The van der Waals surface area contributed by atoms with Crippen LogP contribution in [0.2, 0.25) is 0 Å². The molecule has 2 heteroatoms. The minimum atomic E-state index is 0.683. The third-order valence-electron chi connectivity index (χ3n) is 4.32. The first-order chi connectivity index (χ1) is 8.34. The van der Waals surface area contributed by atoms with Gasteiger partial charge in [0.2, 0.25) is 0 Å². The third-order valence-corrected chi connectivity index (χ3v) is 4.32. The van der Waals surface area contributed by atoms with Crippen LogP contribution in [0, 0.1) is 11.3 Å². The van der Waals surface area contributed by atoms with Crippen molar-refractivity contribution in [2.75, 3.05) is 13.7 Å². The van der Waals surface area contributed by atoms with Gasteiger partial charge in [-0.15, -0.1) is 0 Å². The van der Waals surface area contributed by atoms with Crippen molar-refractivity contribution in [2.24, 2.45) is 11.3 Å². The summed E-state index contributed by atoms with van der Waals surface area (Å²) >= 11 is 0. The number of para-hydroxylation sites is 1. The molecule has 1 aromatic rings. The molecule has 2 nitrogen and oxygen atoms in total. The summed E-state index contributed by atoms with van der Waals surface area (Å²) in [5, 5.41) is 3.62. The molecule has 1 N–H and O–H groups in total. The lowest BCUT2D eigenvalue weighted by Crippen LogP contribution is -2.25. The first kappa shape index (κ1) is 11.1. The van der Waals surface area contributed by atoms with Gasteiger partial charge in [-0.05, 0) is 43.1 Å². The fourth-order valence-electron chi connectivity index (χ4n) is 2.88. The Bertz CT molecular complexity index is 394. The minimum absolute atomic E-state index is 0.683. The number of hydrogen-bond acceptors (Lipinski definition) is 2. The molecule has 0 aliphatic heterocycles. The zero-order chi connectivity index (χ0) is 11.7. The van der Waals surface area contributed by atoms with Gasteiger partial charge in [-0.25, -0.2) is 0 Å². The van der Waals surface area contributed by atoms with Crippen molar-refractivity contribution in [1.82, 2.24) is 5.32 Å². The molecule has 0 heterocycles. The second-order valence-corrected chi connectivity index (χ2v) is 5.55. The van der Waals surface area contributed by atoms with Gasteiger partial charge in [-0.1, -0.05) is 18.2 Å². The van der Waals surface area contributed by atoms with E-state index in [2.05, 4.69) is 17.4 Å². The second kappa shape index (κ2) is 4.34. The van der Waals surface area contributed by atoms with Crippen LogP contribution in [0.1, 0.15) is 31.2 Å². The lowest BCUT2D eigenvalue weighted by molar-refractivity contribution is 0.390. The smallest absolute Gasteiger partial charge is 0.123 e. The summed E-state index contributed by atoms with van der Waals surface area (Å²) in [6.45, 7) is 2.12. The van der Waals surface area contributed by atoms with Crippen LogP contribution < -0.4 is 10.1 Å². The summed E-state index contributed by atoms with van der Waals surface area (Å²) in [6.07, 6.45) is 5.82. The minimum Gasteiger partial charge on any atom is -0.496 e. The molecule has 0 amide bonds. The van der Waals surface area contributed by atoms with Gasteiger partial charge in [0.25, 0.3) is 0 Å². The molecule has 1 aromatic carbocycles. The third kappa shape index (κ3) is 2.32. The summed E-state index contributed by atoms with van der Waals surface area (Å²) in [4.78, 5) is 0. The quantitative estimate of drug-likeness (QED) is 0.812. The van der Waals surface area contributed by atoms with Gasteiger partial charge in [-0.2, -0.15) is 0 Å². The molecule has 0 spiro atoms. The maximum absolute atomic E-state index is 5.36. The predicted molar refractivity (Wildman–Crippen MR) is 69.1 cm³/mol. The van der Waals surface area contributed by atoms with E-state index in [1.54, 1.807) is 7.11 Å². The summed E-state index contributed by atoms with van der Waals surface area (Å²) in [7, 11) is 1.74. The number of methoxy groups -OCH3 is 1. The molecule has 3 rings (SSSR count). The number of hydrogen-bond donors (Lipinski definition) is 1. The average Bonchev–Trinajstić information content (AvgIpc) is 3.22. The number of ether oxygens (including phenoxy) is 1. The number of rotatable bonds is 6. The van der Waals surface area contributed by atoms with Gasteiger partial charge < -0.3 is 10.1 Å². The van der Waals surface area contributed by atoms with Gasteiger partial charge in [0.1, 0.15) is 5.75 Å². The average molecular weight is 231 g/mol. The monoisotopic (exact) mass is 231 g/mol. The standard InChI is InChI=1S/C15H21NO/c1-17-14-5-3-2-4-12(14)10-16-11-15(8-9-15)13-6-7-13/h2-5,13,16H,6-11H2,1H3. The first-order valence-corrected chi connectivity index (χ1v) is 6.67. The SMILES string of the molecule is COc1ccccc1CNCC1(C2CC2)CC1. The number of benzene rings is 1. The molecule has 0 atom stereocenters. The fourth-order valence-corrected chi connectivity index (χ4v) is 2.88. The summed E-state index contributed by atoms with van der Waals surface area (Å²) in [5.41, 5.74) is 1.95. The van der Waals surface area contributed by atoms with Crippen molar-refractivity contribution in [3.8, 4) is 5.75 Å². The van der Waals surface area contributed by atoms with Crippen LogP contribution in [0.15, 0.2) is 24.3 Å². The number of nitrogens with one attached hydrogen (secondary N) is 1. The van der Waals surface area contributed by atoms with Crippen molar-refractivity contribution >= 4 is 0 Å². The molecule has 2 fully saturated rings. The van der Waals surface area contributed by atoms with Crippen molar-refractivity contribution in [2.45, 2.75) is 32.2 Å².